The Morgan fingerprint density at radius 2 is 0.745 bits per heavy atom. The topological polar surface area (TPSA) is 228 Å². The lowest BCUT2D eigenvalue weighted by Crippen LogP contribution is -2.65. The van der Waals surface area contributed by atoms with Gasteiger partial charge >= 0.3 is 0 Å². The van der Waals surface area contributed by atoms with Crippen molar-refractivity contribution in [1.82, 2.24) is 5.32 Å². The van der Waals surface area contributed by atoms with E-state index in [0.29, 0.717) is 12.8 Å². The van der Waals surface area contributed by atoms with Crippen LogP contribution >= 0.6 is 0 Å². The predicted octanol–water partition coefficient (Wildman–Crippen LogP) is 16.2. The smallest absolute Gasteiger partial charge is 0.220 e. The molecule has 2 aliphatic rings. The van der Waals surface area contributed by atoms with Crippen LogP contribution in [0.15, 0.2) is 134 Å². The Kier molecular flexibility index (Phi) is 57.4. The van der Waals surface area contributed by atoms with Crippen molar-refractivity contribution in [2.45, 2.75) is 344 Å². The lowest BCUT2D eigenvalue weighted by molar-refractivity contribution is -0.359. The number of hydrogen-bond donors (Lipinski definition) is 9. The minimum absolute atomic E-state index is 0.242. The molecule has 0 radical (unpaired) electrons. The van der Waals surface area contributed by atoms with Crippen LogP contribution in [-0.4, -0.2) is 140 Å². The van der Waals surface area contributed by atoms with E-state index in [1.165, 1.54) is 135 Å². The van der Waals surface area contributed by atoms with Gasteiger partial charge in [-0.15, -0.1) is 0 Å². The van der Waals surface area contributed by atoms with Gasteiger partial charge in [-0.2, -0.15) is 0 Å². The lowest BCUT2D eigenvalue weighted by atomic mass is 9.97. The summed E-state index contributed by atoms with van der Waals surface area (Å²) in [6.45, 7) is 2.67. The molecule has 0 bridgehead atoms. The molecule has 0 aromatic rings. The molecule has 2 aliphatic heterocycles. The molecule has 2 fully saturated rings. The monoisotopic (exact) mass is 1320 g/mol. The van der Waals surface area contributed by atoms with Crippen LogP contribution in [0.1, 0.15) is 271 Å². The molecule has 0 aromatic heterocycles. The van der Waals surface area contributed by atoms with Gasteiger partial charge in [0.15, 0.2) is 12.6 Å². The van der Waals surface area contributed by atoms with Crippen molar-refractivity contribution in [3.63, 3.8) is 0 Å². The van der Waals surface area contributed by atoms with Crippen molar-refractivity contribution in [2.24, 2.45) is 0 Å². The van der Waals surface area contributed by atoms with Crippen LogP contribution in [0.25, 0.3) is 0 Å². The fraction of sp³-hybridized carbons (Fsp3) is 0.713. The summed E-state index contributed by atoms with van der Waals surface area (Å²) < 4.78 is 22.8. The summed E-state index contributed by atoms with van der Waals surface area (Å²) >= 11 is 0. The van der Waals surface area contributed by atoms with E-state index in [9.17, 15) is 45.6 Å². The predicted molar refractivity (Wildman–Crippen MR) is 387 cm³/mol. The molecule has 0 saturated carbocycles. The van der Waals surface area contributed by atoms with Gasteiger partial charge in [0.2, 0.25) is 5.91 Å². The number of ether oxygens (including phenoxy) is 4. The number of amides is 1. The summed E-state index contributed by atoms with van der Waals surface area (Å²) in [6, 6.07) is -0.955. The van der Waals surface area contributed by atoms with Crippen molar-refractivity contribution in [3.05, 3.63) is 134 Å². The molecule has 14 heteroatoms. The number of carbonyl (C=O) groups excluding carboxylic acids is 1. The molecule has 538 valence electrons. The number of unbranched alkanes of at least 4 members (excludes halogenated alkanes) is 27. The summed E-state index contributed by atoms with van der Waals surface area (Å²) in [6.07, 6.45) is 76.5. The minimum Gasteiger partial charge on any atom is -0.394 e. The van der Waals surface area contributed by atoms with Gasteiger partial charge in [-0.1, -0.05) is 295 Å². The molecular weight excluding hydrogens is 1180 g/mol. The van der Waals surface area contributed by atoms with Gasteiger partial charge in [0.1, 0.15) is 48.8 Å². The second kappa shape index (κ2) is 62.6. The number of allylic oxidation sites excluding steroid dienone is 21. The Morgan fingerprint density at radius 3 is 1.17 bits per heavy atom. The van der Waals surface area contributed by atoms with Crippen LogP contribution < -0.4 is 5.32 Å². The maximum Gasteiger partial charge on any atom is 0.220 e. The summed E-state index contributed by atoms with van der Waals surface area (Å²) in [5.74, 6) is -0.271. The Balaban J connectivity index is 1.70. The highest BCUT2D eigenvalue weighted by molar-refractivity contribution is 5.76. The number of aliphatic hydroxyl groups excluding tert-OH is 8. The molecule has 9 N–H and O–H groups in total. The van der Waals surface area contributed by atoms with E-state index in [1.54, 1.807) is 6.08 Å². The number of carbonyl (C=O) groups is 1. The van der Waals surface area contributed by atoms with E-state index in [4.69, 9.17) is 18.9 Å². The molecule has 1 amide bonds. The molecule has 94 heavy (non-hydrogen) atoms. The first-order valence-corrected chi connectivity index (χ1v) is 37.4. The van der Waals surface area contributed by atoms with Crippen molar-refractivity contribution >= 4 is 5.91 Å². The first-order chi connectivity index (χ1) is 46.1. The fourth-order valence-electron chi connectivity index (χ4n) is 11.4. The van der Waals surface area contributed by atoms with Crippen LogP contribution in [-0.2, 0) is 23.7 Å². The van der Waals surface area contributed by atoms with Gasteiger partial charge in [0.25, 0.3) is 0 Å². The Bertz CT molecular complexity index is 2090. The third kappa shape index (κ3) is 45.6. The summed E-state index contributed by atoms with van der Waals surface area (Å²) in [7, 11) is 0. The van der Waals surface area contributed by atoms with Crippen molar-refractivity contribution in [3.8, 4) is 0 Å². The number of nitrogens with one attached hydrogen (secondary N) is 1. The average molecular weight is 1320 g/mol. The van der Waals surface area contributed by atoms with Gasteiger partial charge in [-0.3, -0.25) is 4.79 Å². The Hall–Kier alpha value is -3.87. The zero-order valence-corrected chi connectivity index (χ0v) is 58.7. The number of rotatable bonds is 60. The zero-order chi connectivity index (χ0) is 68.0. The lowest BCUT2D eigenvalue weighted by Gasteiger charge is -2.46. The number of hydrogen-bond acceptors (Lipinski definition) is 13. The second-order valence-corrected chi connectivity index (χ2v) is 25.7. The second-order valence-electron chi connectivity index (χ2n) is 25.7. The van der Waals surface area contributed by atoms with Gasteiger partial charge in [0, 0.05) is 6.42 Å². The van der Waals surface area contributed by atoms with Crippen LogP contribution in [0, 0.1) is 0 Å². The first-order valence-electron chi connectivity index (χ1n) is 37.4. The van der Waals surface area contributed by atoms with E-state index < -0.39 is 86.8 Å². The van der Waals surface area contributed by atoms with Crippen LogP contribution in [0.3, 0.4) is 0 Å². The highest BCUT2D eigenvalue weighted by atomic mass is 16.7. The minimum atomic E-state index is -1.80. The summed E-state index contributed by atoms with van der Waals surface area (Å²) in [4.78, 5) is 13.3. The largest absolute Gasteiger partial charge is 0.394 e. The van der Waals surface area contributed by atoms with E-state index in [2.05, 4.69) is 141 Å². The van der Waals surface area contributed by atoms with Crippen molar-refractivity contribution < 1.29 is 64.6 Å². The van der Waals surface area contributed by atoms with Gasteiger partial charge < -0.3 is 65.1 Å². The highest BCUT2D eigenvalue weighted by Gasteiger charge is 2.51. The molecule has 0 spiro atoms. The van der Waals surface area contributed by atoms with Crippen LogP contribution in [0.4, 0.5) is 0 Å². The quantitative estimate of drug-likeness (QED) is 0.0204. The molecule has 2 rings (SSSR count). The maximum atomic E-state index is 13.3. The molecule has 2 saturated heterocycles. The first kappa shape index (κ1) is 86.2. The average Bonchev–Trinajstić information content (AvgIpc) is 0.794. The van der Waals surface area contributed by atoms with Gasteiger partial charge in [-0.25, -0.2) is 0 Å². The maximum absolute atomic E-state index is 13.3. The standard InChI is InChI=1S/C80H135NO13/c1-3-5-7-9-11-13-15-17-19-21-23-25-27-29-31-32-33-34-35-36-38-40-42-44-46-48-50-52-54-56-58-60-62-64-72(85)81-68(67-91-79-77(90)75(88)78(71(66-83)93-79)94-80-76(89)74(87)73(86)70(65-82)92-80)69(84)63-61-59-57-55-53-51-49-47-45-43-41-39-37-30-28-26-24-22-20-18-16-14-12-10-8-6-4-2/h5,7,11,13,17,19,23,25,29,31,33-34,36,38,42,44,48,50,53,55,61,63,68-71,73-80,82-84,86-90H,3-4,6,8-10,12,14-16,18,20-22,24,26-28,30,32,35,37,39-41,43,45-47,49,51-52,54,56-60,62,64-67H2,1-2H3,(H,81,85)/b7-5-,13-11-,19-17-,25-23-,31-29-,34-33-,38-36-,44-42-,50-48-,55-53+,63-61+. The van der Waals surface area contributed by atoms with Gasteiger partial charge in [0.05, 0.1) is 32.0 Å². The molecule has 0 aromatic carbocycles. The summed E-state index contributed by atoms with van der Waals surface area (Å²) in [5, 5.41) is 87.5. The van der Waals surface area contributed by atoms with Crippen LogP contribution in [0.2, 0.25) is 0 Å². The Labute approximate surface area is 570 Å². The number of aliphatic hydroxyl groups is 8. The molecule has 12 unspecified atom stereocenters. The van der Waals surface area contributed by atoms with Crippen molar-refractivity contribution in [2.75, 3.05) is 19.8 Å². The van der Waals surface area contributed by atoms with E-state index in [1.807, 2.05) is 6.08 Å². The van der Waals surface area contributed by atoms with Crippen LogP contribution in [0.5, 0.6) is 0 Å². The molecule has 0 aliphatic carbocycles. The molecular formula is C80H135NO13. The Morgan fingerprint density at radius 1 is 0.394 bits per heavy atom. The van der Waals surface area contributed by atoms with E-state index in [0.717, 1.165) is 103 Å². The third-order valence-electron chi connectivity index (χ3n) is 17.3. The zero-order valence-electron chi connectivity index (χ0n) is 58.7. The SMILES string of the molecule is CC/C=C\C/C=C\C/C=C\C/C=C\C/C=C\C/C=C\C/C=C\C/C=C\C/C=C\CCCCCCCC(=O)NC(COC1OC(CO)C(OC2OC(CO)C(O)C(O)C2O)C(O)C1O)C(O)/C=C/CC/C=C/CCCCCCCCCCCCCCCCCCCCCCC. The molecule has 2 heterocycles. The van der Waals surface area contributed by atoms with Crippen molar-refractivity contribution in [1.29, 1.82) is 0 Å². The fourth-order valence-corrected chi connectivity index (χ4v) is 11.4. The molecule has 12 atom stereocenters. The highest BCUT2D eigenvalue weighted by Crippen LogP contribution is 2.30. The van der Waals surface area contributed by atoms with E-state index >= 15 is 0 Å². The third-order valence-corrected chi connectivity index (χ3v) is 17.3. The van der Waals surface area contributed by atoms with E-state index in [-0.39, 0.29) is 18.9 Å². The normalized spacial score (nSPS) is 23.3. The molecule has 14 nitrogen and oxygen atoms in total. The van der Waals surface area contributed by atoms with Gasteiger partial charge in [-0.05, 0) is 103 Å². The summed E-state index contributed by atoms with van der Waals surface area (Å²) in [5.41, 5.74) is 0.